The predicted octanol–water partition coefficient (Wildman–Crippen LogP) is 6.03. The Morgan fingerprint density at radius 3 is 2.09 bits per heavy atom. The second-order valence-corrected chi connectivity index (χ2v) is 5.94. The van der Waals surface area contributed by atoms with Crippen LogP contribution < -0.4 is 0 Å². The van der Waals surface area contributed by atoms with Gasteiger partial charge in [-0.15, -0.1) is 0 Å². The van der Waals surface area contributed by atoms with Crippen molar-refractivity contribution >= 4 is 0 Å². The predicted molar refractivity (Wildman–Crippen MR) is 90.1 cm³/mol. The minimum absolute atomic E-state index is 0.208. The molecule has 0 aliphatic heterocycles. The Labute approximate surface area is 137 Å². The van der Waals surface area contributed by atoms with Gasteiger partial charge < -0.3 is 5.11 Å². The molecule has 0 bridgehead atoms. The first-order chi connectivity index (χ1) is 11.1. The maximum Gasteiger partial charge on any atom is 0.132 e. The van der Waals surface area contributed by atoms with E-state index in [-0.39, 0.29) is 5.56 Å². The molecule has 0 heterocycles. The van der Waals surface area contributed by atoms with Gasteiger partial charge in [0.1, 0.15) is 11.6 Å². The molecule has 124 valence electrons. The van der Waals surface area contributed by atoms with E-state index >= 15 is 0 Å². The zero-order valence-electron chi connectivity index (χ0n) is 13.6. The third-order valence-electron chi connectivity index (χ3n) is 4.10. The quantitative estimate of drug-likeness (QED) is 0.590. The van der Waals surface area contributed by atoms with Crippen molar-refractivity contribution in [3.05, 3.63) is 59.7 Å². The molecule has 0 aromatic heterocycles. The fraction of sp³-hybridized carbons (Fsp3) is 0.400. The lowest BCUT2D eigenvalue weighted by Gasteiger charge is -2.14. The van der Waals surface area contributed by atoms with Gasteiger partial charge in [-0.3, -0.25) is 0 Å². The first kappa shape index (κ1) is 17.6. The Morgan fingerprint density at radius 1 is 0.870 bits per heavy atom. The van der Waals surface area contributed by atoms with Crippen LogP contribution in [0.3, 0.4) is 0 Å². The van der Waals surface area contributed by atoms with Crippen LogP contribution in [0.25, 0.3) is 11.1 Å². The van der Waals surface area contributed by atoms with Gasteiger partial charge in [-0.25, -0.2) is 8.78 Å². The van der Waals surface area contributed by atoms with Crippen LogP contribution >= 0.6 is 0 Å². The maximum absolute atomic E-state index is 14.3. The zero-order valence-corrected chi connectivity index (χ0v) is 13.6. The second-order valence-electron chi connectivity index (χ2n) is 5.94. The van der Waals surface area contributed by atoms with Crippen molar-refractivity contribution in [3.63, 3.8) is 0 Å². The van der Waals surface area contributed by atoms with Gasteiger partial charge in [-0.1, -0.05) is 69.4 Å². The molecule has 0 aliphatic rings. The number of unbranched alkanes of at least 4 members (excludes halogenated alkanes) is 4. The van der Waals surface area contributed by atoms with Crippen molar-refractivity contribution in [1.29, 1.82) is 0 Å². The van der Waals surface area contributed by atoms with E-state index in [4.69, 9.17) is 0 Å². The number of hydrogen-bond acceptors (Lipinski definition) is 1. The average molecular weight is 318 g/mol. The molecule has 1 nitrogen and oxygen atoms in total. The van der Waals surface area contributed by atoms with E-state index in [0.717, 1.165) is 37.7 Å². The monoisotopic (exact) mass is 318 g/mol. The van der Waals surface area contributed by atoms with Crippen LogP contribution in [0.4, 0.5) is 8.78 Å². The molecule has 2 rings (SSSR count). The summed E-state index contributed by atoms with van der Waals surface area (Å²) in [5.74, 6) is -1.35. The molecule has 2 aromatic carbocycles. The van der Waals surface area contributed by atoms with Crippen molar-refractivity contribution in [3.8, 4) is 11.1 Å². The molecular weight excluding hydrogens is 294 g/mol. The fourth-order valence-electron chi connectivity index (χ4n) is 2.79. The highest BCUT2D eigenvalue weighted by molar-refractivity contribution is 5.64. The van der Waals surface area contributed by atoms with E-state index in [2.05, 4.69) is 6.92 Å². The highest BCUT2D eigenvalue weighted by atomic mass is 19.1. The lowest BCUT2D eigenvalue weighted by molar-refractivity contribution is 0.154. The van der Waals surface area contributed by atoms with Crippen LogP contribution in [0.5, 0.6) is 0 Å². The minimum Gasteiger partial charge on any atom is -0.388 e. The maximum atomic E-state index is 14.3. The summed E-state index contributed by atoms with van der Waals surface area (Å²) in [6.45, 7) is 2.13. The first-order valence-corrected chi connectivity index (χ1v) is 8.36. The van der Waals surface area contributed by atoms with Crippen molar-refractivity contribution in [1.82, 2.24) is 0 Å². The Hall–Kier alpha value is -1.74. The molecule has 1 N–H and O–H groups in total. The van der Waals surface area contributed by atoms with Crippen LogP contribution in [0.15, 0.2) is 42.5 Å². The van der Waals surface area contributed by atoms with Gasteiger partial charge >= 0.3 is 0 Å². The Morgan fingerprint density at radius 2 is 1.48 bits per heavy atom. The highest BCUT2D eigenvalue weighted by Gasteiger charge is 2.19. The normalized spacial score (nSPS) is 12.3. The van der Waals surface area contributed by atoms with Crippen molar-refractivity contribution in [2.24, 2.45) is 0 Å². The number of rotatable bonds is 8. The fourth-order valence-corrected chi connectivity index (χ4v) is 2.79. The van der Waals surface area contributed by atoms with Gasteiger partial charge in [0, 0.05) is 0 Å². The Balaban J connectivity index is 2.08. The minimum atomic E-state index is -1.08. The third-order valence-corrected chi connectivity index (χ3v) is 4.10. The van der Waals surface area contributed by atoms with E-state index in [1.165, 1.54) is 12.1 Å². The lowest BCUT2D eigenvalue weighted by Crippen LogP contribution is -2.05. The topological polar surface area (TPSA) is 20.2 Å². The Kier molecular flexibility index (Phi) is 6.72. The van der Waals surface area contributed by atoms with Crippen molar-refractivity contribution in [2.45, 2.75) is 51.6 Å². The van der Waals surface area contributed by atoms with Gasteiger partial charge in [0.05, 0.1) is 11.7 Å². The number of benzene rings is 2. The number of halogens is 2. The second kappa shape index (κ2) is 8.78. The molecule has 0 amide bonds. The molecule has 0 aliphatic carbocycles. The molecule has 23 heavy (non-hydrogen) atoms. The van der Waals surface area contributed by atoms with Crippen LogP contribution in [0.1, 0.15) is 57.1 Å². The van der Waals surface area contributed by atoms with Gasteiger partial charge in [0.15, 0.2) is 0 Å². The van der Waals surface area contributed by atoms with E-state index < -0.39 is 17.7 Å². The summed E-state index contributed by atoms with van der Waals surface area (Å²) < 4.78 is 28.6. The summed E-state index contributed by atoms with van der Waals surface area (Å²) >= 11 is 0. The zero-order chi connectivity index (χ0) is 16.7. The third kappa shape index (κ3) is 4.87. The summed E-state index contributed by atoms with van der Waals surface area (Å²) in [4.78, 5) is 0. The van der Waals surface area contributed by atoms with Gasteiger partial charge in [0.25, 0.3) is 0 Å². The number of hydrogen-bond donors (Lipinski definition) is 1. The van der Waals surface area contributed by atoms with Crippen LogP contribution in [-0.4, -0.2) is 5.11 Å². The van der Waals surface area contributed by atoms with E-state index in [1.807, 2.05) is 18.2 Å². The molecule has 0 spiro atoms. The first-order valence-electron chi connectivity index (χ1n) is 8.36. The number of aliphatic hydroxyl groups is 1. The average Bonchev–Trinajstić information content (AvgIpc) is 2.55. The van der Waals surface area contributed by atoms with E-state index in [9.17, 15) is 13.9 Å². The molecule has 3 heteroatoms. The largest absolute Gasteiger partial charge is 0.388 e. The van der Waals surface area contributed by atoms with Gasteiger partial charge in [-0.05, 0) is 29.7 Å². The SMILES string of the molecule is CCCCCCCC(O)c1c(F)cc(-c2ccccc2)cc1F. The number of aliphatic hydroxyl groups excluding tert-OH is 1. The van der Waals surface area contributed by atoms with Crippen LogP contribution in [0.2, 0.25) is 0 Å². The molecule has 1 unspecified atom stereocenters. The Bertz CT molecular complexity index is 587. The van der Waals surface area contributed by atoms with E-state index in [0.29, 0.717) is 12.0 Å². The van der Waals surface area contributed by atoms with Crippen molar-refractivity contribution < 1.29 is 13.9 Å². The molecule has 0 saturated carbocycles. The van der Waals surface area contributed by atoms with Gasteiger partial charge in [-0.2, -0.15) is 0 Å². The summed E-state index contributed by atoms with van der Waals surface area (Å²) in [5, 5.41) is 10.1. The summed E-state index contributed by atoms with van der Waals surface area (Å²) in [7, 11) is 0. The molecule has 0 radical (unpaired) electrons. The van der Waals surface area contributed by atoms with Crippen LogP contribution in [0, 0.1) is 11.6 Å². The highest BCUT2D eigenvalue weighted by Crippen LogP contribution is 2.30. The van der Waals surface area contributed by atoms with Crippen LogP contribution in [-0.2, 0) is 0 Å². The summed E-state index contributed by atoms with van der Waals surface area (Å²) in [5.41, 5.74) is 1.03. The molecule has 1 atom stereocenters. The molecule has 2 aromatic rings. The molecule has 0 fully saturated rings. The van der Waals surface area contributed by atoms with Crippen molar-refractivity contribution in [2.75, 3.05) is 0 Å². The summed E-state index contributed by atoms with van der Waals surface area (Å²) in [6, 6.07) is 11.7. The smallest absolute Gasteiger partial charge is 0.132 e. The molecular formula is C20H24F2O. The summed E-state index contributed by atoms with van der Waals surface area (Å²) in [6.07, 6.45) is 4.47. The molecule has 0 saturated heterocycles. The standard InChI is InChI=1S/C20H24F2O/c1-2-3-4-5-9-12-19(23)20-17(21)13-16(14-18(20)22)15-10-7-6-8-11-15/h6-8,10-11,13-14,19,23H,2-5,9,12H2,1H3. The van der Waals surface area contributed by atoms with Gasteiger partial charge in [0.2, 0.25) is 0 Å². The lowest BCUT2D eigenvalue weighted by atomic mass is 9.97. The van der Waals surface area contributed by atoms with E-state index in [1.54, 1.807) is 12.1 Å².